The zero-order chi connectivity index (χ0) is 23.7. The van der Waals surface area contributed by atoms with E-state index in [1.165, 1.54) is 23.5 Å². The number of carbonyl (C=O) groups is 1. The lowest BCUT2D eigenvalue weighted by Crippen LogP contribution is -2.48. The van der Waals surface area contributed by atoms with E-state index < -0.39 is 0 Å². The maximum atomic E-state index is 14.3. The van der Waals surface area contributed by atoms with Gasteiger partial charge in [0.2, 0.25) is 0 Å². The first-order valence-electron chi connectivity index (χ1n) is 11.2. The third-order valence-corrected chi connectivity index (χ3v) is 7.34. The Kier molecular flexibility index (Phi) is 6.30. The maximum absolute atomic E-state index is 14.3. The first-order chi connectivity index (χ1) is 16.5. The second-order valence-electron chi connectivity index (χ2n) is 8.32. The van der Waals surface area contributed by atoms with Crippen molar-refractivity contribution in [2.24, 2.45) is 7.05 Å². The number of thiophene rings is 1. The molecule has 1 aliphatic heterocycles. The van der Waals surface area contributed by atoms with E-state index in [4.69, 9.17) is 0 Å². The quantitative estimate of drug-likeness (QED) is 0.450. The van der Waals surface area contributed by atoms with Gasteiger partial charge in [0.15, 0.2) is 0 Å². The van der Waals surface area contributed by atoms with Crippen molar-refractivity contribution in [3.8, 4) is 11.3 Å². The van der Waals surface area contributed by atoms with Crippen LogP contribution in [-0.4, -0.2) is 59.9 Å². The van der Waals surface area contributed by atoms with Crippen LogP contribution < -0.4 is 10.2 Å². The fourth-order valence-corrected chi connectivity index (χ4v) is 5.33. The first kappa shape index (κ1) is 22.5. The van der Waals surface area contributed by atoms with Gasteiger partial charge in [-0.2, -0.15) is 5.10 Å². The largest absolute Gasteiger partial charge is 0.367 e. The highest BCUT2D eigenvalue weighted by atomic mass is 32.1. The maximum Gasteiger partial charge on any atom is 0.261 e. The average molecular weight is 482 g/mol. The number of fused-ring (bicyclic) bond motifs is 1. The number of rotatable bonds is 6. The van der Waals surface area contributed by atoms with Crippen molar-refractivity contribution in [2.45, 2.75) is 0 Å². The van der Waals surface area contributed by atoms with Crippen LogP contribution in [0.4, 0.5) is 14.5 Å². The molecular formula is C25H25F2N5OS. The van der Waals surface area contributed by atoms with E-state index in [1.807, 2.05) is 12.1 Å². The SMILES string of the molecule is Cn1nc(-c2ccccc2F)c2cc(C(=O)NCCN3CCN(c4ccccc4F)CC3)sc21. The molecule has 1 amide bonds. The Labute approximate surface area is 200 Å². The highest BCUT2D eigenvalue weighted by Crippen LogP contribution is 2.34. The van der Waals surface area contributed by atoms with Crippen molar-refractivity contribution in [3.05, 3.63) is 71.1 Å². The fourth-order valence-electron chi connectivity index (χ4n) is 4.34. The van der Waals surface area contributed by atoms with E-state index in [-0.39, 0.29) is 17.5 Å². The molecule has 3 heterocycles. The zero-order valence-electron chi connectivity index (χ0n) is 18.8. The van der Waals surface area contributed by atoms with Gasteiger partial charge in [-0.1, -0.05) is 24.3 Å². The molecule has 5 rings (SSSR count). The van der Waals surface area contributed by atoms with Crippen LogP contribution in [-0.2, 0) is 7.05 Å². The minimum absolute atomic E-state index is 0.148. The third kappa shape index (κ3) is 4.41. The van der Waals surface area contributed by atoms with Crippen molar-refractivity contribution in [3.63, 3.8) is 0 Å². The normalized spacial score (nSPS) is 14.6. The Morgan fingerprint density at radius 2 is 1.74 bits per heavy atom. The van der Waals surface area contributed by atoms with Gasteiger partial charge in [-0.3, -0.25) is 14.4 Å². The lowest BCUT2D eigenvalue weighted by Gasteiger charge is -2.36. The average Bonchev–Trinajstić information content (AvgIpc) is 3.41. The molecule has 2 aromatic heterocycles. The molecule has 176 valence electrons. The van der Waals surface area contributed by atoms with Crippen molar-refractivity contribution in [2.75, 3.05) is 44.2 Å². The number of benzene rings is 2. The molecule has 1 aliphatic rings. The Morgan fingerprint density at radius 3 is 2.47 bits per heavy atom. The van der Waals surface area contributed by atoms with E-state index in [9.17, 15) is 13.6 Å². The summed E-state index contributed by atoms with van der Waals surface area (Å²) in [7, 11) is 1.80. The Hall–Kier alpha value is -3.30. The lowest BCUT2D eigenvalue weighted by molar-refractivity contribution is 0.0952. The van der Waals surface area contributed by atoms with Crippen molar-refractivity contribution < 1.29 is 13.6 Å². The van der Waals surface area contributed by atoms with Crippen LogP contribution in [0.15, 0.2) is 54.6 Å². The Bertz CT molecular complexity index is 1330. The molecule has 1 fully saturated rings. The van der Waals surface area contributed by atoms with Gasteiger partial charge in [0, 0.05) is 57.3 Å². The summed E-state index contributed by atoms with van der Waals surface area (Å²) in [4.78, 5) is 18.5. The molecule has 6 nitrogen and oxygen atoms in total. The van der Waals surface area contributed by atoms with Crippen LogP contribution in [0.3, 0.4) is 0 Å². The molecule has 4 aromatic rings. The van der Waals surface area contributed by atoms with E-state index >= 15 is 0 Å². The van der Waals surface area contributed by atoms with E-state index in [1.54, 1.807) is 42.1 Å². The molecule has 0 bridgehead atoms. The summed E-state index contributed by atoms with van der Waals surface area (Å²) in [6, 6.07) is 15.2. The number of carbonyl (C=O) groups excluding carboxylic acids is 1. The summed E-state index contributed by atoms with van der Waals surface area (Å²) in [5.41, 5.74) is 1.61. The molecule has 34 heavy (non-hydrogen) atoms. The number of hydrogen-bond donors (Lipinski definition) is 1. The van der Waals surface area contributed by atoms with Gasteiger partial charge in [0.05, 0.1) is 10.6 Å². The molecular weight excluding hydrogens is 456 g/mol. The third-order valence-electron chi connectivity index (χ3n) is 6.14. The topological polar surface area (TPSA) is 53.4 Å². The van der Waals surface area contributed by atoms with Gasteiger partial charge in [-0.15, -0.1) is 11.3 Å². The second kappa shape index (κ2) is 9.52. The van der Waals surface area contributed by atoms with Crippen LogP contribution in [0.5, 0.6) is 0 Å². The highest BCUT2D eigenvalue weighted by Gasteiger charge is 2.21. The molecule has 1 saturated heterocycles. The standard InChI is InChI=1S/C25H25F2N5OS/c1-30-25-18(23(29-30)17-6-2-3-7-19(17)26)16-22(34-25)24(33)28-10-11-31-12-14-32(15-13-31)21-9-5-4-8-20(21)27/h2-9,16H,10-15H2,1H3,(H,28,33). The van der Waals surface area contributed by atoms with Crippen LogP contribution >= 0.6 is 11.3 Å². The minimum atomic E-state index is -0.338. The number of nitrogens with zero attached hydrogens (tertiary/aromatic N) is 4. The Morgan fingerprint density at radius 1 is 1.03 bits per heavy atom. The molecule has 9 heteroatoms. The number of hydrogen-bond acceptors (Lipinski definition) is 5. The van der Waals surface area contributed by atoms with Crippen molar-refractivity contribution in [1.82, 2.24) is 20.0 Å². The van der Waals surface area contributed by atoms with Crippen LogP contribution in [0.2, 0.25) is 0 Å². The molecule has 2 aromatic carbocycles. The van der Waals surface area contributed by atoms with E-state index in [2.05, 4.69) is 20.2 Å². The summed E-state index contributed by atoms with van der Waals surface area (Å²) >= 11 is 1.35. The van der Waals surface area contributed by atoms with Gasteiger partial charge < -0.3 is 10.2 Å². The molecule has 0 unspecified atom stereocenters. The number of aromatic nitrogens is 2. The summed E-state index contributed by atoms with van der Waals surface area (Å²) < 4.78 is 30.0. The molecule has 0 atom stereocenters. The Balaban J connectivity index is 1.18. The molecule has 0 aliphatic carbocycles. The zero-order valence-corrected chi connectivity index (χ0v) is 19.6. The van der Waals surface area contributed by atoms with Gasteiger partial charge in [-0.05, 0) is 30.3 Å². The molecule has 0 radical (unpaired) electrons. The first-order valence-corrected chi connectivity index (χ1v) is 12.0. The number of amides is 1. The predicted molar refractivity (Wildman–Crippen MR) is 131 cm³/mol. The molecule has 0 saturated carbocycles. The van der Waals surface area contributed by atoms with Gasteiger partial charge in [0.1, 0.15) is 22.2 Å². The van der Waals surface area contributed by atoms with Crippen LogP contribution in [0.25, 0.3) is 21.5 Å². The van der Waals surface area contributed by atoms with E-state index in [0.717, 1.165) is 42.9 Å². The van der Waals surface area contributed by atoms with Crippen LogP contribution in [0.1, 0.15) is 9.67 Å². The van der Waals surface area contributed by atoms with Gasteiger partial charge in [0.25, 0.3) is 5.91 Å². The molecule has 1 N–H and O–H groups in total. The number of halogens is 2. The van der Waals surface area contributed by atoms with Gasteiger partial charge >= 0.3 is 0 Å². The number of para-hydroxylation sites is 1. The number of anilines is 1. The smallest absolute Gasteiger partial charge is 0.261 e. The summed E-state index contributed by atoms with van der Waals surface area (Å²) in [6.07, 6.45) is 0. The number of aryl methyl sites for hydroxylation is 1. The summed E-state index contributed by atoms with van der Waals surface area (Å²) in [5.74, 6) is -0.680. The van der Waals surface area contributed by atoms with Crippen molar-refractivity contribution >= 4 is 33.1 Å². The predicted octanol–water partition coefficient (Wildman–Crippen LogP) is 4.13. The van der Waals surface area contributed by atoms with Gasteiger partial charge in [-0.25, -0.2) is 8.78 Å². The number of piperazine rings is 1. The van der Waals surface area contributed by atoms with Crippen LogP contribution in [0, 0.1) is 11.6 Å². The highest BCUT2D eigenvalue weighted by molar-refractivity contribution is 7.20. The fraction of sp³-hybridized carbons (Fsp3) is 0.280. The number of nitrogens with one attached hydrogen (secondary N) is 1. The monoisotopic (exact) mass is 481 g/mol. The lowest BCUT2D eigenvalue weighted by atomic mass is 10.1. The second-order valence-corrected chi connectivity index (χ2v) is 9.35. The summed E-state index contributed by atoms with van der Waals surface area (Å²) in [6.45, 7) is 4.36. The minimum Gasteiger partial charge on any atom is -0.367 e. The molecule has 0 spiro atoms. The van der Waals surface area contributed by atoms with Crippen molar-refractivity contribution in [1.29, 1.82) is 0 Å². The summed E-state index contributed by atoms with van der Waals surface area (Å²) in [5, 5.41) is 8.22. The van der Waals surface area contributed by atoms with E-state index in [0.29, 0.717) is 28.4 Å².